The van der Waals surface area contributed by atoms with Crippen LogP contribution in [0.15, 0.2) is 84.9 Å². The summed E-state index contributed by atoms with van der Waals surface area (Å²) in [6, 6.07) is 31.5. The second-order valence-corrected chi connectivity index (χ2v) is 9.82. The third-order valence-electron chi connectivity index (χ3n) is 5.80. The van der Waals surface area contributed by atoms with Gasteiger partial charge in [0.15, 0.2) is 0 Å². The normalized spacial score (nSPS) is 12.3. The van der Waals surface area contributed by atoms with E-state index in [0.29, 0.717) is 0 Å². The van der Waals surface area contributed by atoms with Crippen LogP contribution in [0.3, 0.4) is 0 Å². The van der Waals surface area contributed by atoms with Crippen LogP contribution in [0.4, 0.5) is 0 Å². The van der Waals surface area contributed by atoms with E-state index in [2.05, 4.69) is 84.9 Å². The first-order chi connectivity index (χ1) is 13.8. The monoisotopic (exact) mass is 390 g/mol. The molecule has 0 saturated heterocycles. The van der Waals surface area contributed by atoms with Crippen molar-refractivity contribution < 1.29 is 0 Å². The molecule has 0 aliphatic heterocycles. The van der Waals surface area contributed by atoms with Gasteiger partial charge in [0.25, 0.3) is 0 Å². The van der Waals surface area contributed by atoms with Gasteiger partial charge in [-0.1, -0.05) is 48.5 Å². The van der Waals surface area contributed by atoms with Gasteiger partial charge in [-0.2, -0.15) is 0 Å². The minimum atomic E-state index is 1.31. The lowest BCUT2D eigenvalue weighted by molar-refractivity contribution is 1.80. The molecule has 2 aromatic heterocycles. The first kappa shape index (κ1) is 15.0. The highest BCUT2D eigenvalue weighted by Gasteiger charge is 2.14. The van der Waals surface area contributed by atoms with Crippen molar-refractivity contribution >= 4 is 84.6 Å². The number of thiophene rings is 2. The minimum Gasteiger partial charge on any atom is -0.124 e. The number of benzene rings is 5. The Labute approximate surface area is 169 Å². The first-order valence-electron chi connectivity index (χ1n) is 9.44. The fourth-order valence-electron chi connectivity index (χ4n) is 4.44. The van der Waals surface area contributed by atoms with Crippen LogP contribution in [0.25, 0.3) is 61.9 Å². The summed E-state index contributed by atoms with van der Waals surface area (Å²) in [6.07, 6.45) is 0. The summed E-state index contributed by atoms with van der Waals surface area (Å²) < 4.78 is 4.21. The fourth-order valence-corrected chi connectivity index (χ4v) is 7.10. The van der Waals surface area contributed by atoms with Crippen molar-refractivity contribution in [3.05, 3.63) is 84.9 Å². The second-order valence-electron chi connectivity index (χ2n) is 7.46. The molecule has 0 radical (unpaired) electrons. The van der Waals surface area contributed by atoms with Crippen LogP contribution < -0.4 is 0 Å². The summed E-state index contributed by atoms with van der Waals surface area (Å²) in [7, 11) is 0. The Balaban J connectivity index is 1.64. The average Bonchev–Trinajstić information content (AvgIpc) is 3.23. The van der Waals surface area contributed by atoms with Gasteiger partial charge in [-0.15, -0.1) is 22.7 Å². The van der Waals surface area contributed by atoms with Crippen molar-refractivity contribution in [1.29, 1.82) is 0 Å². The highest BCUT2D eigenvalue weighted by Crippen LogP contribution is 2.46. The van der Waals surface area contributed by atoms with Gasteiger partial charge < -0.3 is 0 Å². The van der Waals surface area contributed by atoms with E-state index in [9.17, 15) is 0 Å². The molecular weight excluding hydrogens is 376 g/mol. The average molecular weight is 391 g/mol. The van der Waals surface area contributed by atoms with Gasteiger partial charge >= 0.3 is 0 Å². The topological polar surface area (TPSA) is 0 Å². The first-order valence-corrected chi connectivity index (χ1v) is 11.1. The molecule has 130 valence electrons. The molecule has 0 nitrogen and oxygen atoms in total. The third kappa shape index (κ3) is 1.99. The Bertz CT molecular complexity index is 1700. The maximum atomic E-state index is 2.40. The Morgan fingerprint density at radius 2 is 0.857 bits per heavy atom. The summed E-state index contributed by atoms with van der Waals surface area (Å²) in [5.74, 6) is 0. The molecule has 2 heteroatoms. The Morgan fingerprint density at radius 3 is 1.46 bits per heavy atom. The van der Waals surface area contributed by atoms with Crippen LogP contribution in [0.5, 0.6) is 0 Å². The zero-order valence-corrected chi connectivity index (χ0v) is 16.5. The number of hydrogen-bond donors (Lipinski definition) is 0. The van der Waals surface area contributed by atoms with Crippen molar-refractivity contribution in [3.63, 3.8) is 0 Å². The molecule has 0 fully saturated rings. The van der Waals surface area contributed by atoms with Gasteiger partial charge in [0.1, 0.15) is 0 Å². The van der Waals surface area contributed by atoms with Crippen LogP contribution in [-0.2, 0) is 0 Å². The lowest BCUT2D eigenvalue weighted by Gasteiger charge is -2.03. The fraction of sp³-hybridized carbons (Fsp3) is 0. The molecule has 0 N–H and O–H groups in total. The van der Waals surface area contributed by atoms with Crippen molar-refractivity contribution in [2.45, 2.75) is 0 Å². The smallest absolute Gasteiger partial charge is 0.0890 e. The predicted molar refractivity (Wildman–Crippen MR) is 127 cm³/mol. The second kappa shape index (κ2) is 5.32. The molecule has 5 aromatic carbocycles. The van der Waals surface area contributed by atoms with E-state index >= 15 is 0 Å². The van der Waals surface area contributed by atoms with Gasteiger partial charge in [-0.05, 0) is 68.7 Å². The van der Waals surface area contributed by atoms with E-state index in [0.717, 1.165) is 0 Å². The molecule has 0 amide bonds. The van der Waals surface area contributed by atoms with Crippen molar-refractivity contribution in [2.75, 3.05) is 0 Å². The minimum absolute atomic E-state index is 1.31. The highest BCUT2D eigenvalue weighted by molar-refractivity contribution is 7.44. The molecule has 7 rings (SSSR count). The van der Waals surface area contributed by atoms with E-state index in [1.54, 1.807) is 0 Å². The van der Waals surface area contributed by atoms with Crippen LogP contribution in [0.1, 0.15) is 0 Å². The maximum Gasteiger partial charge on any atom is 0.0890 e. The van der Waals surface area contributed by atoms with Crippen LogP contribution >= 0.6 is 22.7 Å². The van der Waals surface area contributed by atoms with E-state index in [1.165, 1.54) is 61.9 Å². The molecule has 0 aliphatic carbocycles. The van der Waals surface area contributed by atoms with Gasteiger partial charge in [0.2, 0.25) is 0 Å². The quantitative estimate of drug-likeness (QED) is 0.227. The Morgan fingerprint density at radius 1 is 0.429 bits per heavy atom. The summed E-state index contributed by atoms with van der Waals surface area (Å²) in [6.45, 7) is 0. The molecule has 0 saturated carbocycles. The van der Waals surface area contributed by atoms with Crippen LogP contribution in [0.2, 0.25) is 0 Å². The summed E-state index contributed by atoms with van der Waals surface area (Å²) in [5, 5.41) is 12.1. The van der Waals surface area contributed by atoms with Crippen LogP contribution in [0, 0.1) is 0 Å². The van der Waals surface area contributed by atoms with Crippen molar-refractivity contribution in [1.82, 2.24) is 0 Å². The molecule has 28 heavy (non-hydrogen) atoms. The SMILES string of the molecule is c1ccc2cc3cc4c(cc3cc2c1)sc1sc2cc3ccccc3cc2c14. The standard InChI is InChI=1S/C26H14S2/c1-2-6-16-10-20-14-24-22(12-19(20)9-15(16)5-1)25-21-11-17-7-3-4-8-18(17)13-23(21)27-26(25)28-24/h1-14H. The maximum absolute atomic E-state index is 2.40. The van der Waals surface area contributed by atoms with Gasteiger partial charge in [-0.25, -0.2) is 0 Å². The molecule has 2 heterocycles. The van der Waals surface area contributed by atoms with E-state index < -0.39 is 0 Å². The third-order valence-corrected chi connectivity index (χ3v) is 8.19. The summed E-state index contributed by atoms with van der Waals surface area (Å²) in [4.78, 5) is 0. The van der Waals surface area contributed by atoms with Crippen molar-refractivity contribution in [3.8, 4) is 0 Å². The van der Waals surface area contributed by atoms with E-state index in [1.807, 2.05) is 22.7 Å². The molecule has 0 bridgehead atoms. The molecule has 0 atom stereocenters. The van der Waals surface area contributed by atoms with Crippen molar-refractivity contribution in [2.24, 2.45) is 0 Å². The molecule has 0 aliphatic rings. The zero-order valence-electron chi connectivity index (χ0n) is 14.9. The van der Waals surface area contributed by atoms with Gasteiger partial charge in [0.05, 0.1) is 4.01 Å². The van der Waals surface area contributed by atoms with E-state index in [-0.39, 0.29) is 0 Å². The van der Waals surface area contributed by atoms with Gasteiger partial charge in [-0.3, -0.25) is 0 Å². The number of rotatable bonds is 0. The largest absolute Gasteiger partial charge is 0.124 e. The predicted octanol–water partition coefficient (Wildman–Crippen LogP) is 8.73. The lowest BCUT2D eigenvalue weighted by atomic mass is 10.0. The van der Waals surface area contributed by atoms with Crippen LogP contribution in [-0.4, -0.2) is 0 Å². The lowest BCUT2D eigenvalue weighted by Crippen LogP contribution is -1.77. The highest BCUT2D eigenvalue weighted by atomic mass is 32.2. The number of fused-ring (bicyclic) bond motifs is 8. The molecular formula is C26H14S2. The molecule has 0 spiro atoms. The Kier molecular flexibility index (Phi) is 2.85. The number of hydrogen-bond acceptors (Lipinski definition) is 2. The zero-order chi connectivity index (χ0) is 18.2. The van der Waals surface area contributed by atoms with E-state index in [4.69, 9.17) is 0 Å². The Hall–Kier alpha value is -2.94. The summed E-state index contributed by atoms with van der Waals surface area (Å²) >= 11 is 3.86. The molecule has 7 aromatic rings. The summed E-state index contributed by atoms with van der Waals surface area (Å²) in [5.41, 5.74) is 0. The van der Waals surface area contributed by atoms with Gasteiger partial charge in [0, 0.05) is 25.6 Å². The molecule has 0 unspecified atom stereocenters.